The topological polar surface area (TPSA) is 61.8 Å². The molecule has 0 amide bonds. The molecule has 1 N–H and O–H groups in total. The normalized spacial score (nSPS) is 11.8. The van der Waals surface area contributed by atoms with E-state index >= 15 is 0 Å². The third-order valence-electron chi connectivity index (χ3n) is 6.22. The molecule has 6 nitrogen and oxygen atoms in total. The van der Waals surface area contributed by atoms with E-state index in [4.69, 9.17) is 23.9 Å². The SMILES string of the molecule is COc1ccc(C(CCNCc2ccccc2)c2nccc3cc(OC)c(OC)cc23)cc1OC. The second-order valence-corrected chi connectivity index (χ2v) is 8.24. The number of hydrogen-bond acceptors (Lipinski definition) is 6. The molecular formula is C29H32N2O4. The van der Waals surface area contributed by atoms with Gasteiger partial charge in [-0.1, -0.05) is 36.4 Å². The number of rotatable bonds is 11. The Morgan fingerprint density at radius 2 is 1.43 bits per heavy atom. The Morgan fingerprint density at radius 3 is 2.14 bits per heavy atom. The Morgan fingerprint density at radius 1 is 0.743 bits per heavy atom. The molecular weight excluding hydrogens is 440 g/mol. The van der Waals surface area contributed by atoms with Crippen LogP contribution in [0.2, 0.25) is 0 Å². The highest BCUT2D eigenvalue weighted by atomic mass is 16.5. The van der Waals surface area contributed by atoms with Crippen LogP contribution < -0.4 is 24.3 Å². The molecule has 0 fully saturated rings. The van der Waals surface area contributed by atoms with Crippen molar-refractivity contribution in [3.8, 4) is 23.0 Å². The van der Waals surface area contributed by atoms with Gasteiger partial charge in [0.2, 0.25) is 0 Å². The summed E-state index contributed by atoms with van der Waals surface area (Å²) < 4.78 is 22.2. The number of fused-ring (bicyclic) bond motifs is 1. The Labute approximate surface area is 206 Å². The second-order valence-electron chi connectivity index (χ2n) is 8.24. The van der Waals surface area contributed by atoms with Crippen molar-refractivity contribution >= 4 is 10.8 Å². The predicted octanol–water partition coefficient (Wildman–Crippen LogP) is 5.58. The Bertz CT molecular complexity index is 1260. The molecule has 0 bridgehead atoms. The Balaban J connectivity index is 1.71. The molecule has 6 heteroatoms. The van der Waals surface area contributed by atoms with E-state index in [0.717, 1.165) is 41.5 Å². The third kappa shape index (κ3) is 5.49. The summed E-state index contributed by atoms with van der Waals surface area (Å²) in [6, 6.07) is 22.5. The molecule has 35 heavy (non-hydrogen) atoms. The van der Waals surface area contributed by atoms with Gasteiger partial charge in [0, 0.05) is 24.0 Å². The lowest BCUT2D eigenvalue weighted by Crippen LogP contribution is -2.18. The minimum Gasteiger partial charge on any atom is -0.493 e. The minimum absolute atomic E-state index is 0.0277. The van der Waals surface area contributed by atoms with Gasteiger partial charge in [0.25, 0.3) is 0 Å². The van der Waals surface area contributed by atoms with Crippen LogP contribution in [-0.2, 0) is 6.54 Å². The van der Waals surface area contributed by atoms with Crippen LogP contribution in [0.3, 0.4) is 0 Å². The molecule has 1 heterocycles. The van der Waals surface area contributed by atoms with E-state index < -0.39 is 0 Å². The monoisotopic (exact) mass is 472 g/mol. The summed E-state index contributed by atoms with van der Waals surface area (Å²) >= 11 is 0. The lowest BCUT2D eigenvalue weighted by atomic mass is 9.88. The average Bonchev–Trinajstić information content (AvgIpc) is 2.92. The average molecular weight is 473 g/mol. The second kappa shape index (κ2) is 11.6. The fourth-order valence-corrected chi connectivity index (χ4v) is 4.41. The maximum atomic E-state index is 5.60. The molecule has 1 atom stereocenters. The standard InChI is InChI=1S/C29H32N2O4/c1-32-25-11-10-21(16-26(25)33-2)23(13-14-30-19-20-8-6-5-7-9-20)29-24-18-28(35-4)27(34-3)17-22(24)12-15-31-29/h5-12,15-18,23,30H,13-14,19H2,1-4H3. The van der Waals surface area contributed by atoms with Gasteiger partial charge >= 0.3 is 0 Å². The Kier molecular flexibility index (Phi) is 8.06. The van der Waals surface area contributed by atoms with E-state index in [1.165, 1.54) is 5.56 Å². The highest BCUT2D eigenvalue weighted by Gasteiger charge is 2.21. The molecule has 4 rings (SSSR count). The number of nitrogens with zero attached hydrogens (tertiary/aromatic N) is 1. The van der Waals surface area contributed by atoms with Gasteiger partial charge in [-0.25, -0.2) is 0 Å². The minimum atomic E-state index is 0.0277. The van der Waals surface area contributed by atoms with E-state index in [2.05, 4.69) is 35.6 Å². The molecule has 3 aromatic carbocycles. The first-order valence-corrected chi connectivity index (χ1v) is 11.7. The van der Waals surface area contributed by atoms with E-state index in [0.29, 0.717) is 23.0 Å². The number of ether oxygens (including phenoxy) is 4. The highest BCUT2D eigenvalue weighted by molar-refractivity contribution is 5.88. The van der Waals surface area contributed by atoms with Gasteiger partial charge in [0.1, 0.15) is 0 Å². The van der Waals surface area contributed by atoms with Crippen LogP contribution in [0.1, 0.15) is 29.2 Å². The van der Waals surface area contributed by atoms with Gasteiger partial charge in [0.05, 0.1) is 34.1 Å². The van der Waals surface area contributed by atoms with Gasteiger partial charge in [-0.3, -0.25) is 4.98 Å². The number of aromatic nitrogens is 1. The van der Waals surface area contributed by atoms with Crippen LogP contribution in [0, 0.1) is 0 Å². The molecule has 0 radical (unpaired) electrons. The van der Waals surface area contributed by atoms with Crippen LogP contribution in [0.25, 0.3) is 10.8 Å². The largest absolute Gasteiger partial charge is 0.493 e. The van der Waals surface area contributed by atoms with E-state index in [9.17, 15) is 0 Å². The summed E-state index contributed by atoms with van der Waals surface area (Å²) in [5.74, 6) is 2.81. The van der Waals surface area contributed by atoms with Crippen LogP contribution in [0.4, 0.5) is 0 Å². The summed E-state index contributed by atoms with van der Waals surface area (Å²) in [4.78, 5) is 4.85. The molecule has 4 aromatic rings. The molecule has 1 aromatic heterocycles. The summed E-state index contributed by atoms with van der Waals surface area (Å²) in [6.45, 7) is 1.63. The van der Waals surface area contributed by atoms with Crippen molar-refractivity contribution in [3.63, 3.8) is 0 Å². The number of methoxy groups -OCH3 is 4. The predicted molar refractivity (Wildman–Crippen MR) is 139 cm³/mol. The maximum absolute atomic E-state index is 5.60. The van der Waals surface area contributed by atoms with Gasteiger partial charge in [-0.05, 0) is 59.8 Å². The van der Waals surface area contributed by atoms with Crippen LogP contribution >= 0.6 is 0 Å². The molecule has 0 aliphatic rings. The third-order valence-corrected chi connectivity index (χ3v) is 6.22. The fourth-order valence-electron chi connectivity index (χ4n) is 4.41. The van der Waals surface area contributed by atoms with Crippen molar-refractivity contribution in [3.05, 3.63) is 89.7 Å². The zero-order valence-electron chi connectivity index (χ0n) is 20.7. The first-order chi connectivity index (χ1) is 17.2. The van der Waals surface area contributed by atoms with Gasteiger partial charge in [-0.15, -0.1) is 0 Å². The molecule has 1 unspecified atom stereocenters. The van der Waals surface area contributed by atoms with Crippen molar-refractivity contribution in [2.24, 2.45) is 0 Å². The molecule has 182 valence electrons. The number of benzene rings is 3. The Hall–Kier alpha value is -3.77. The molecule has 0 aliphatic carbocycles. The first kappa shape index (κ1) is 24.4. The number of hydrogen-bond donors (Lipinski definition) is 1. The zero-order valence-corrected chi connectivity index (χ0v) is 20.7. The lowest BCUT2D eigenvalue weighted by molar-refractivity contribution is 0.354. The van der Waals surface area contributed by atoms with Crippen LogP contribution in [0.15, 0.2) is 72.9 Å². The van der Waals surface area contributed by atoms with Crippen molar-refractivity contribution in [1.29, 1.82) is 0 Å². The summed E-state index contributed by atoms with van der Waals surface area (Å²) in [7, 11) is 6.61. The van der Waals surface area contributed by atoms with Gasteiger partial charge in [-0.2, -0.15) is 0 Å². The quantitative estimate of drug-likeness (QED) is 0.288. The number of pyridine rings is 1. The first-order valence-electron chi connectivity index (χ1n) is 11.7. The lowest BCUT2D eigenvalue weighted by Gasteiger charge is -2.21. The summed E-state index contributed by atoms with van der Waals surface area (Å²) in [5, 5.41) is 5.67. The van der Waals surface area contributed by atoms with E-state index in [1.54, 1.807) is 28.4 Å². The van der Waals surface area contributed by atoms with E-state index in [1.807, 2.05) is 42.6 Å². The summed E-state index contributed by atoms with van der Waals surface area (Å²) in [6.07, 6.45) is 2.71. The van der Waals surface area contributed by atoms with Crippen LogP contribution in [-0.4, -0.2) is 40.0 Å². The molecule has 0 aliphatic heterocycles. The van der Waals surface area contributed by atoms with E-state index in [-0.39, 0.29) is 5.92 Å². The number of nitrogens with one attached hydrogen (secondary N) is 1. The highest BCUT2D eigenvalue weighted by Crippen LogP contribution is 2.39. The smallest absolute Gasteiger partial charge is 0.161 e. The van der Waals surface area contributed by atoms with Crippen molar-refractivity contribution < 1.29 is 18.9 Å². The van der Waals surface area contributed by atoms with Gasteiger partial charge in [0.15, 0.2) is 23.0 Å². The van der Waals surface area contributed by atoms with Gasteiger partial charge < -0.3 is 24.3 Å². The molecule has 0 saturated heterocycles. The molecule has 0 spiro atoms. The van der Waals surface area contributed by atoms with Crippen molar-refractivity contribution in [2.75, 3.05) is 35.0 Å². The zero-order chi connectivity index (χ0) is 24.6. The summed E-state index contributed by atoms with van der Waals surface area (Å²) in [5.41, 5.74) is 3.35. The van der Waals surface area contributed by atoms with Crippen molar-refractivity contribution in [2.45, 2.75) is 18.9 Å². The maximum Gasteiger partial charge on any atom is 0.161 e. The van der Waals surface area contributed by atoms with Crippen LogP contribution in [0.5, 0.6) is 23.0 Å². The fraction of sp³-hybridized carbons (Fsp3) is 0.276. The molecule has 0 saturated carbocycles. The van der Waals surface area contributed by atoms with Crippen molar-refractivity contribution in [1.82, 2.24) is 10.3 Å².